The summed E-state index contributed by atoms with van der Waals surface area (Å²) in [5.41, 5.74) is 2.62. The van der Waals surface area contributed by atoms with Crippen LogP contribution in [0.25, 0.3) is 20.8 Å². The number of carbonyl (C=O) groups excluding carboxylic acids is 1. The van der Waals surface area contributed by atoms with Gasteiger partial charge in [0.1, 0.15) is 5.01 Å². The number of hydrogen-bond donors (Lipinski definition) is 3. The zero-order valence-electron chi connectivity index (χ0n) is 11.7. The van der Waals surface area contributed by atoms with E-state index in [2.05, 4.69) is 15.6 Å². The quantitative estimate of drug-likeness (QED) is 0.693. The molecule has 22 heavy (non-hydrogen) atoms. The number of carbonyl (C=O) groups is 1. The van der Waals surface area contributed by atoms with Crippen LogP contribution in [-0.4, -0.2) is 29.3 Å². The molecular formula is C16H15N3O2S. The van der Waals surface area contributed by atoms with Gasteiger partial charge in [-0.3, -0.25) is 0 Å². The SMILES string of the molecule is O=C(NCCO)Nc1cccc(-c2nc3ccccc3s2)c1. The number of amides is 2. The third-order valence-electron chi connectivity index (χ3n) is 3.06. The number of anilines is 1. The maximum atomic E-state index is 11.6. The number of thiazole rings is 1. The minimum absolute atomic E-state index is 0.0842. The largest absolute Gasteiger partial charge is 0.395 e. The predicted molar refractivity (Wildman–Crippen MR) is 89.2 cm³/mol. The van der Waals surface area contributed by atoms with E-state index in [0.717, 1.165) is 20.8 Å². The second-order valence-electron chi connectivity index (χ2n) is 4.67. The number of fused-ring (bicyclic) bond motifs is 1. The van der Waals surface area contributed by atoms with Gasteiger partial charge >= 0.3 is 6.03 Å². The molecule has 1 heterocycles. The van der Waals surface area contributed by atoms with E-state index >= 15 is 0 Å². The first-order valence-electron chi connectivity index (χ1n) is 6.88. The molecule has 0 spiro atoms. The third kappa shape index (κ3) is 3.24. The lowest BCUT2D eigenvalue weighted by Gasteiger charge is -2.07. The molecule has 0 aliphatic carbocycles. The molecule has 0 radical (unpaired) electrons. The molecule has 0 saturated heterocycles. The first-order valence-corrected chi connectivity index (χ1v) is 7.69. The van der Waals surface area contributed by atoms with E-state index in [0.29, 0.717) is 5.69 Å². The van der Waals surface area contributed by atoms with Crippen LogP contribution in [0.5, 0.6) is 0 Å². The molecule has 5 nitrogen and oxygen atoms in total. The average Bonchev–Trinajstić information content (AvgIpc) is 2.97. The van der Waals surface area contributed by atoms with Gasteiger partial charge in [-0.05, 0) is 24.3 Å². The summed E-state index contributed by atoms with van der Waals surface area (Å²) in [5.74, 6) is 0. The van der Waals surface area contributed by atoms with Gasteiger partial charge in [0, 0.05) is 17.8 Å². The Morgan fingerprint density at radius 2 is 2.05 bits per heavy atom. The van der Waals surface area contributed by atoms with Crippen LogP contribution in [0.3, 0.4) is 0 Å². The number of aliphatic hydroxyl groups excluding tert-OH is 1. The molecule has 3 aromatic rings. The molecule has 0 aliphatic heterocycles. The maximum Gasteiger partial charge on any atom is 0.319 e. The zero-order valence-corrected chi connectivity index (χ0v) is 12.6. The number of aliphatic hydroxyl groups is 1. The lowest BCUT2D eigenvalue weighted by Crippen LogP contribution is -2.30. The van der Waals surface area contributed by atoms with Crippen molar-refractivity contribution in [2.75, 3.05) is 18.5 Å². The number of nitrogens with one attached hydrogen (secondary N) is 2. The lowest BCUT2D eigenvalue weighted by atomic mass is 10.2. The second-order valence-corrected chi connectivity index (χ2v) is 5.70. The molecule has 2 amide bonds. The van der Waals surface area contributed by atoms with E-state index in [1.165, 1.54) is 0 Å². The number of rotatable bonds is 4. The van der Waals surface area contributed by atoms with Crippen molar-refractivity contribution in [3.63, 3.8) is 0 Å². The van der Waals surface area contributed by atoms with Crippen LogP contribution in [0.1, 0.15) is 0 Å². The van der Waals surface area contributed by atoms with Gasteiger partial charge in [0.2, 0.25) is 0 Å². The molecule has 1 aromatic heterocycles. The normalized spacial score (nSPS) is 10.6. The Labute approximate surface area is 131 Å². The highest BCUT2D eigenvalue weighted by molar-refractivity contribution is 7.21. The van der Waals surface area contributed by atoms with Crippen molar-refractivity contribution in [1.29, 1.82) is 0 Å². The zero-order chi connectivity index (χ0) is 15.4. The highest BCUT2D eigenvalue weighted by atomic mass is 32.1. The van der Waals surface area contributed by atoms with Crippen molar-refractivity contribution < 1.29 is 9.90 Å². The second kappa shape index (κ2) is 6.55. The standard InChI is InChI=1S/C16H15N3O2S/c20-9-8-17-16(21)18-12-5-3-4-11(10-12)15-19-13-6-1-2-7-14(13)22-15/h1-7,10,20H,8-9H2,(H2,17,18,21). The summed E-state index contributed by atoms with van der Waals surface area (Å²) in [6, 6.07) is 15.2. The minimum Gasteiger partial charge on any atom is -0.395 e. The predicted octanol–water partition coefficient (Wildman–Crippen LogP) is 3.08. The van der Waals surface area contributed by atoms with E-state index in [-0.39, 0.29) is 19.2 Å². The van der Waals surface area contributed by atoms with Crippen LogP contribution < -0.4 is 10.6 Å². The average molecular weight is 313 g/mol. The molecule has 0 saturated carbocycles. The van der Waals surface area contributed by atoms with Crippen molar-refractivity contribution in [1.82, 2.24) is 10.3 Å². The molecular weight excluding hydrogens is 298 g/mol. The van der Waals surface area contributed by atoms with Crippen LogP contribution in [0.15, 0.2) is 48.5 Å². The molecule has 112 valence electrons. The molecule has 0 atom stereocenters. The van der Waals surface area contributed by atoms with Gasteiger partial charge in [0.05, 0.1) is 16.8 Å². The van der Waals surface area contributed by atoms with Gasteiger partial charge in [-0.1, -0.05) is 24.3 Å². The fraction of sp³-hybridized carbons (Fsp3) is 0.125. The number of aromatic nitrogens is 1. The summed E-state index contributed by atoms with van der Waals surface area (Å²) >= 11 is 1.62. The van der Waals surface area contributed by atoms with Crippen LogP contribution in [0.4, 0.5) is 10.5 Å². The Morgan fingerprint density at radius 1 is 1.18 bits per heavy atom. The Kier molecular flexibility index (Phi) is 4.32. The number of urea groups is 1. The van der Waals surface area contributed by atoms with Gasteiger partial charge in [0.15, 0.2) is 0 Å². The third-order valence-corrected chi connectivity index (χ3v) is 4.14. The lowest BCUT2D eigenvalue weighted by molar-refractivity contribution is 0.245. The summed E-state index contributed by atoms with van der Waals surface area (Å²) < 4.78 is 1.14. The van der Waals surface area contributed by atoms with Crippen molar-refractivity contribution in [2.45, 2.75) is 0 Å². The van der Waals surface area contributed by atoms with Gasteiger partial charge < -0.3 is 15.7 Å². The van der Waals surface area contributed by atoms with Gasteiger partial charge in [-0.25, -0.2) is 9.78 Å². The minimum atomic E-state index is -0.338. The molecule has 0 bridgehead atoms. The summed E-state index contributed by atoms with van der Waals surface area (Å²) in [5, 5.41) is 14.9. The van der Waals surface area contributed by atoms with E-state index in [1.54, 1.807) is 11.3 Å². The fourth-order valence-electron chi connectivity index (χ4n) is 2.07. The Morgan fingerprint density at radius 3 is 2.86 bits per heavy atom. The van der Waals surface area contributed by atoms with E-state index < -0.39 is 0 Å². The number of hydrogen-bond acceptors (Lipinski definition) is 4. The molecule has 0 aliphatic rings. The van der Waals surface area contributed by atoms with Crippen LogP contribution in [0.2, 0.25) is 0 Å². The molecule has 6 heteroatoms. The topological polar surface area (TPSA) is 74.2 Å². The molecule has 2 aromatic carbocycles. The van der Waals surface area contributed by atoms with E-state index in [4.69, 9.17) is 5.11 Å². The molecule has 0 unspecified atom stereocenters. The van der Waals surface area contributed by atoms with Crippen molar-refractivity contribution in [3.8, 4) is 10.6 Å². The van der Waals surface area contributed by atoms with Crippen molar-refractivity contribution in [2.24, 2.45) is 0 Å². The number of nitrogens with zero attached hydrogens (tertiary/aromatic N) is 1. The summed E-state index contributed by atoms with van der Waals surface area (Å²) in [6.45, 7) is 0.141. The fourth-order valence-corrected chi connectivity index (χ4v) is 3.03. The van der Waals surface area contributed by atoms with Gasteiger partial charge in [0.25, 0.3) is 0 Å². The summed E-state index contributed by atoms with van der Waals surface area (Å²) in [7, 11) is 0. The van der Waals surface area contributed by atoms with Crippen molar-refractivity contribution >= 4 is 33.3 Å². The number of para-hydroxylation sites is 1. The number of benzene rings is 2. The molecule has 3 rings (SSSR count). The van der Waals surface area contributed by atoms with Crippen molar-refractivity contribution in [3.05, 3.63) is 48.5 Å². The van der Waals surface area contributed by atoms with Crippen LogP contribution in [-0.2, 0) is 0 Å². The molecule has 0 fully saturated rings. The Bertz CT molecular complexity index is 768. The van der Waals surface area contributed by atoms with Gasteiger partial charge in [-0.15, -0.1) is 11.3 Å². The summed E-state index contributed by atoms with van der Waals surface area (Å²) in [6.07, 6.45) is 0. The van der Waals surface area contributed by atoms with E-state index in [9.17, 15) is 4.79 Å². The molecule has 3 N–H and O–H groups in total. The van der Waals surface area contributed by atoms with Crippen LogP contribution >= 0.6 is 11.3 Å². The summed E-state index contributed by atoms with van der Waals surface area (Å²) in [4.78, 5) is 16.2. The smallest absolute Gasteiger partial charge is 0.319 e. The first-order chi connectivity index (χ1) is 10.8. The monoisotopic (exact) mass is 313 g/mol. The first kappa shape index (κ1) is 14.5. The Balaban J connectivity index is 1.82. The van der Waals surface area contributed by atoms with Gasteiger partial charge in [-0.2, -0.15) is 0 Å². The van der Waals surface area contributed by atoms with Crippen LogP contribution in [0, 0.1) is 0 Å². The van der Waals surface area contributed by atoms with E-state index in [1.807, 2.05) is 48.5 Å². The maximum absolute atomic E-state index is 11.6. The highest BCUT2D eigenvalue weighted by Gasteiger charge is 2.07. The Hall–Kier alpha value is -2.44. The highest BCUT2D eigenvalue weighted by Crippen LogP contribution is 2.31.